The van der Waals surface area contributed by atoms with E-state index in [0.29, 0.717) is 12.2 Å². The Morgan fingerprint density at radius 3 is 3.00 bits per heavy atom. The van der Waals surface area contributed by atoms with E-state index in [1.807, 2.05) is 0 Å². The first kappa shape index (κ1) is 8.52. The summed E-state index contributed by atoms with van der Waals surface area (Å²) < 4.78 is 1.55. The predicted molar refractivity (Wildman–Crippen MR) is 44.1 cm³/mol. The lowest BCUT2D eigenvalue weighted by atomic mass is 10.3. The molecule has 0 saturated heterocycles. The van der Waals surface area contributed by atoms with Crippen LogP contribution in [-0.4, -0.2) is 20.9 Å². The number of aromatic nitrogens is 2. The van der Waals surface area contributed by atoms with Crippen molar-refractivity contribution in [2.75, 3.05) is 0 Å². The van der Waals surface area contributed by atoms with Gasteiger partial charge in [0, 0.05) is 6.20 Å². The molecular weight excluding hydrogens is 156 g/mol. The number of aromatic carboxylic acids is 1. The Morgan fingerprint density at radius 1 is 1.92 bits per heavy atom. The van der Waals surface area contributed by atoms with E-state index in [1.54, 1.807) is 17.7 Å². The van der Waals surface area contributed by atoms with Gasteiger partial charge in [0.25, 0.3) is 0 Å². The molecule has 1 rings (SSSR count). The Morgan fingerprint density at radius 2 is 2.58 bits per heavy atom. The zero-order valence-electron chi connectivity index (χ0n) is 6.82. The van der Waals surface area contributed by atoms with Gasteiger partial charge in [0.05, 0.1) is 12.2 Å². The average Bonchev–Trinajstić information content (AvgIpc) is 2.32. The summed E-state index contributed by atoms with van der Waals surface area (Å²) >= 11 is 0. The quantitative estimate of drug-likeness (QED) is 0.683. The van der Waals surface area contributed by atoms with Crippen molar-refractivity contribution in [2.45, 2.75) is 13.5 Å². The van der Waals surface area contributed by atoms with Crippen molar-refractivity contribution in [3.63, 3.8) is 0 Å². The summed E-state index contributed by atoms with van der Waals surface area (Å²) in [5, 5.41) is 12.7. The topological polar surface area (TPSA) is 55.1 Å². The van der Waals surface area contributed by atoms with Crippen LogP contribution < -0.4 is 0 Å². The molecule has 1 N–H and O–H groups in total. The monoisotopic (exact) mass is 166 g/mol. The average molecular weight is 166 g/mol. The summed E-state index contributed by atoms with van der Waals surface area (Å²) in [7, 11) is 0. The molecule has 0 aliphatic carbocycles. The summed E-state index contributed by atoms with van der Waals surface area (Å²) in [5.41, 5.74) is 0.779. The van der Waals surface area contributed by atoms with Gasteiger partial charge >= 0.3 is 5.97 Å². The summed E-state index contributed by atoms with van der Waals surface area (Å²) in [6.45, 7) is 5.74. The van der Waals surface area contributed by atoms with E-state index in [4.69, 9.17) is 5.11 Å². The largest absolute Gasteiger partial charge is 0.478 e. The lowest BCUT2D eigenvalue weighted by Crippen LogP contribution is -1.96. The first-order valence-electron chi connectivity index (χ1n) is 3.53. The highest BCUT2D eigenvalue weighted by Gasteiger charge is 2.10. The molecule has 1 aromatic rings. The molecule has 1 aromatic heterocycles. The van der Waals surface area contributed by atoms with Gasteiger partial charge < -0.3 is 5.11 Å². The highest BCUT2D eigenvalue weighted by atomic mass is 16.4. The van der Waals surface area contributed by atoms with E-state index in [0.717, 1.165) is 0 Å². The lowest BCUT2D eigenvalue weighted by molar-refractivity contribution is 0.0696. The molecule has 0 fully saturated rings. The molecule has 0 aliphatic rings. The number of nitrogens with zero attached hydrogens (tertiary/aromatic N) is 2. The number of allylic oxidation sites excluding steroid dienone is 1. The summed E-state index contributed by atoms with van der Waals surface area (Å²) in [6.07, 6.45) is 3.16. The maximum atomic E-state index is 10.6. The summed E-state index contributed by atoms with van der Waals surface area (Å²) in [6, 6.07) is 0. The number of hydrogen-bond acceptors (Lipinski definition) is 2. The van der Waals surface area contributed by atoms with Gasteiger partial charge in [0.15, 0.2) is 0 Å². The molecule has 0 aliphatic heterocycles. The van der Waals surface area contributed by atoms with Gasteiger partial charge in [0.1, 0.15) is 5.56 Å². The Labute approximate surface area is 70.1 Å². The van der Waals surface area contributed by atoms with Gasteiger partial charge in [-0.25, -0.2) is 4.79 Å². The molecule has 12 heavy (non-hydrogen) atoms. The van der Waals surface area contributed by atoms with Gasteiger partial charge in [-0.05, 0) is 6.92 Å². The molecule has 0 spiro atoms. The van der Waals surface area contributed by atoms with E-state index in [9.17, 15) is 4.79 Å². The molecule has 4 heteroatoms. The number of carboxylic acid groups (broad SMARTS) is 1. The third-order valence-electron chi connectivity index (χ3n) is 1.49. The van der Waals surface area contributed by atoms with Crippen LogP contribution in [0, 0.1) is 6.92 Å². The van der Waals surface area contributed by atoms with E-state index in [1.165, 1.54) is 6.20 Å². The predicted octanol–water partition coefficient (Wildman–Crippen LogP) is 1.08. The summed E-state index contributed by atoms with van der Waals surface area (Å²) in [4.78, 5) is 10.6. The van der Waals surface area contributed by atoms with Crippen molar-refractivity contribution >= 4 is 5.97 Å². The highest BCUT2D eigenvalue weighted by Crippen LogP contribution is 2.04. The molecule has 0 radical (unpaired) electrons. The Kier molecular flexibility index (Phi) is 2.28. The minimum atomic E-state index is -0.942. The maximum absolute atomic E-state index is 10.6. The van der Waals surface area contributed by atoms with Gasteiger partial charge in [-0.3, -0.25) is 4.68 Å². The van der Waals surface area contributed by atoms with Crippen LogP contribution in [0.4, 0.5) is 0 Å². The number of carbonyl (C=O) groups is 1. The number of carboxylic acids is 1. The second kappa shape index (κ2) is 3.21. The molecule has 64 valence electrons. The third kappa shape index (κ3) is 1.53. The molecule has 0 saturated carbocycles. The smallest absolute Gasteiger partial charge is 0.339 e. The number of rotatable bonds is 3. The van der Waals surface area contributed by atoms with Crippen molar-refractivity contribution in [2.24, 2.45) is 0 Å². The first-order chi connectivity index (χ1) is 5.65. The molecular formula is C8H10N2O2. The zero-order valence-corrected chi connectivity index (χ0v) is 6.82. The van der Waals surface area contributed by atoms with Crippen LogP contribution in [0.5, 0.6) is 0 Å². The highest BCUT2D eigenvalue weighted by molar-refractivity contribution is 5.88. The third-order valence-corrected chi connectivity index (χ3v) is 1.49. The Balaban J connectivity index is 2.99. The fraction of sp³-hybridized carbons (Fsp3) is 0.250. The second-order valence-electron chi connectivity index (χ2n) is 2.44. The van der Waals surface area contributed by atoms with Crippen molar-refractivity contribution in [1.29, 1.82) is 0 Å². The maximum Gasteiger partial charge on any atom is 0.339 e. The number of hydrogen-bond donors (Lipinski definition) is 1. The molecule has 0 amide bonds. The number of aryl methyl sites for hydroxylation is 1. The van der Waals surface area contributed by atoms with Crippen LogP contribution in [0.2, 0.25) is 0 Å². The van der Waals surface area contributed by atoms with E-state index >= 15 is 0 Å². The Hall–Kier alpha value is -1.58. The van der Waals surface area contributed by atoms with Gasteiger partial charge in [0.2, 0.25) is 0 Å². The zero-order chi connectivity index (χ0) is 9.14. The van der Waals surface area contributed by atoms with Gasteiger partial charge in [-0.15, -0.1) is 6.58 Å². The molecule has 0 atom stereocenters. The van der Waals surface area contributed by atoms with E-state index in [-0.39, 0.29) is 5.56 Å². The van der Waals surface area contributed by atoms with Crippen molar-refractivity contribution in [3.05, 3.63) is 30.1 Å². The molecule has 0 unspecified atom stereocenters. The molecule has 1 heterocycles. The van der Waals surface area contributed by atoms with Crippen molar-refractivity contribution in [3.8, 4) is 0 Å². The fourth-order valence-electron chi connectivity index (χ4n) is 0.954. The SMILES string of the molecule is C=CCn1cc(C(=O)O)c(C)n1. The van der Waals surface area contributed by atoms with Crippen molar-refractivity contribution < 1.29 is 9.90 Å². The second-order valence-corrected chi connectivity index (χ2v) is 2.44. The Bertz CT molecular complexity index is 315. The normalized spacial score (nSPS) is 9.75. The van der Waals surface area contributed by atoms with Crippen LogP contribution in [-0.2, 0) is 6.54 Å². The van der Waals surface area contributed by atoms with Crippen molar-refractivity contribution in [1.82, 2.24) is 9.78 Å². The van der Waals surface area contributed by atoms with Crippen LogP contribution in [0.3, 0.4) is 0 Å². The standard InChI is InChI=1S/C8H10N2O2/c1-3-4-10-5-7(8(11)12)6(2)9-10/h3,5H,1,4H2,2H3,(H,11,12). The minimum Gasteiger partial charge on any atom is -0.478 e. The van der Waals surface area contributed by atoms with Crippen LogP contribution in [0.1, 0.15) is 16.1 Å². The summed E-state index contributed by atoms with van der Waals surface area (Å²) in [5.74, 6) is -0.942. The lowest BCUT2D eigenvalue weighted by Gasteiger charge is -1.90. The molecule has 0 aromatic carbocycles. The van der Waals surface area contributed by atoms with E-state index in [2.05, 4.69) is 11.7 Å². The molecule has 4 nitrogen and oxygen atoms in total. The fourth-order valence-corrected chi connectivity index (χ4v) is 0.954. The minimum absolute atomic E-state index is 0.247. The first-order valence-corrected chi connectivity index (χ1v) is 3.53. The van der Waals surface area contributed by atoms with Crippen LogP contribution in [0.15, 0.2) is 18.9 Å². The van der Waals surface area contributed by atoms with Gasteiger partial charge in [-0.2, -0.15) is 5.10 Å². The van der Waals surface area contributed by atoms with Crippen LogP contribution in [0.25, 0.3) is 0 Å². The van der Waals surface area contributed by atoms with Gasteiger partial charge in [-0.1, -0.05) is 6.08 Å². The molecule has 0 bridgehead atoms. The van der Waals surface area contributed by atoms with Crippen LogP contribution >= 0.6 is 0 Å². The van der Waals surface area contributed by atoms with E-state index < -0.39 is 5.97 Å².